The van der Waals surface area contributed by atoms with E-state index in [2.05, 4.69) is 20.5 Å². The topological polar surface area (TPSA) is 53.6 Å². The van der Waals surface area contributed by atoms with E-state index >= 15 is 0 Å². The number of hydrogen-bond donors (Lipinski definition) is 2. The summed E-state index contributed by atoms with van der Waals surface area (Å²) in [6.45, 7) is 2.15. The van der Waals surface area contributed by atoms with Crippen LogP contribution in [-0.4, -0.2) is 34.4 Å². The van der Waals surface area contributed by atoms with Gasteiger partial charge in [-0.25, -0.2) is 4.98 Å². The quantitative estimate of drug-likeness (QED) is 0.853. The van der Waals surface area contributed by atoms with E-state index in [0.717, 1.165) is 6.42 Å². The molecule has 2 N–H and O–H groups in total. The zero-order chi connectivity index (χ0) is 12.5. The van der Waals surface area contributed by atoms with Crippen molar-refractivity contribution < 1.29 is 13.2 Å². The van der Waals surface area contributed by atoms with Crippen LogP contribution in [-0.2, 0) is 11.8 Å². The standard InChI is InChI=1S/C10H15F3N4/c1-2-3-7-15-8(17-16-7)9(10(11,12)13)4-5-14-6-9/h14H,2-6H2,1H3,(H,15,16,17). The average molecular weight is 248 g/mol. The molecule has 0 saturated carbocycles. The van der Waals surface area contributed by atoms with Gasteiger partial charge in [0.1, 0.15) is 11.2 Å². The lowest BCUT2D eigenvalue weighted by molar-refractivity contribution is -0.187. The zero-order valence-corrected chi connectivity index (χ0v) is 9.56. The van der Waals surface area contributed by atoms with Crippen molar-refractivity contribution in [3.63, 3.8) is 0 Å². The number of alkyl halides is 3. The fourth-order valence-electron chi connectivity index (χ4n) is 2.11. The van der Waals surface area contributed by atoms with Crippen molar-refractivity contribution in [2.24, 2.45) is 0 Å². The maximum absolute atomic E-state index is 13.2. The summed E-state index contributed by atoms with van der Waals surface area (Å²) in [6.07, 6.45) is -2.87. The lowest BCUT2D eigenvalue weighted by atomic mass is 9.85. The molecule has 1 aromatic heterocycles. The molecule has 1 aliphatic rings. The fourth-order valence-corrected chi connectivity index (χ4v) is 2.11. The molecule has 96 valence electrons. The molecular weight excluding hydrogens is 233 g/mol. The number of nitrogens with zero attached hydrogens (tertiary/aromatic N) is 2. The van der Waals surface area contributed by atoms with Gasteiger partial charge in [-0.05, 0) is 19.4 Å². The first-order valence-electron chi connectivity index (χ1n) is 5.69. The predicted molar refractivity (Wildman–Crippen MR) is 55.6 cm³/mol. The first-order valence-corrected chi connectivity index (χ1v) is 5.69. The van der Waals surface area contributed by atoms with Crippen LogP contribution < -0.4 is 5.32 Å². The van der Waals surface area contributed by atoms with Crippen molar-refractivity contribution in [3.05, 3.63) is 11.6 Å². The van der Waals surface area contributed by atoms with Gasteiger partial charge in [0.05, 0.1) is 0 Å². The monoisotopic (exact) mass is 248 g/mol. The fraction of sp³-hybridized carbons (Fsp3) is 0.800. The first-order chi connectivity index (χ1) is 7.99. The SMILES string of the molecule is CCCc1nc(C2(C(F)(F)F)CCNC2)n[nH]1. The second-order valence-corrected chi connectivity index (χ2v) is 4.36. The highest BCUT2D eigenvalue weighted by atomic mass is 19.4. The summed E-state index contributed by atoms with van der Waals surface area (Å²) in [5, 5.41) is 9.10. The summed E-state index contributed by atoms with van der Waals surface area (Å²) in [5.41, 5.74) is -1.92. The van der Waals surface area contributed by atoms with Gasteiger partial charge in [0.2, 0.25) is 0 Å². The van der Waals surface area contributed by atoms with Gasteiger partial charge in [-0.2, -0.15) is 18.3 Å². The second kappa shape index (κ2) is 4.29. The van der Waals surface area contributed by atoms with Crippen LogP contribution in [0.25, 0.3) is 0 Å². The number of aromatic amines is 1. The maximum Gasteiger partial charge on any atom is 0.402 e. The van der Waals surface area contributed by atoms with Gasteiger partial charge in [-0.15, -0.1) is 0 Å². The Morgan fingerprint density at radius 1 is 1.41 bits per heavy atom. The van der Waals surface area contributed by atoms with Crippen LogP contribution in [0.1, 0.15) is 31.4 Å². The van der Waals surface area contributed by atoms with Crippen molar-refractivity contribution in [2.75, 3.05) is 13.1 Å². The van der Waals surface area contributed by atoms with Gasteiger partial charge in [-0.1, -0.05) is 6.92 Å². The van der Waals surface area contributed by atoms with Gasteiger partial charge >= 0.3 is 6.18 Å². The number of aryl methyl sites for hydroxylation is 1. The van der Waals surface area contributed by atoms with Crippen molar-refractivity contribution in [1.29, 1.82) is 0 Å². The molecule has 1 aromatic rings. The van der Waals surface area contributed by atoms with Crippen LogP contribution in [0, 0.1) is 0 Å². The van der Waals surface area contributed by atoms with Gasteiger partial charge in [0.25, 0.3) is 0 Å². The highest BCUT2D eigenvalue weighted by Crippen LogP contribution is 2.43. The summed E-state index contributed by atoms with van der Waals surface area (Å²) < 4.78 is 39.5. The zero-order valence-electron chi connectivity index (χ0n) is 9.56. The molecule has 4 nitrogen and oxygen atoms in total. The molecule has 1 aliphatic heterocycles. The van der Waals surface area contributed by atoms with E-state index in [4.69, 9.17) is 0 Å². The van der Waals surface area contributed by atoms with Crippen LogP contribution in [0.4, 0.5) is 13.2 Å². The van der Waals surface area contributed by atoms with E-state index in [1.165, 1.54) is 0 Å². The molecule has 1 fully saturated rings. The van der Waals surface area contributed by atoms with Crippen LogP contribution in [0.5, 0.6) is 0 Å². The third-order valence-corrected chi connectivity index (χ3v) is 3.14. The Balaban J connectivity index is 2.33. The summed E-state index contributed by atoms with van der Waals surface area (Å²) in [5.74, 6) is 0.400. The van der Waals surface area contributed by atoms with Gasteiger partial charge in [0, 0.05) is 13.0 Å². The van der Waals surface area contributed by atoms with Crippen molar-refractivity contribution in [2.45, 2.75) is 37.8 Å². The average Bonchev–Trinajstić information content (AvgIpc) is 2.83. The molecular formula is C10H15F3N4. The molecule has 1 saturated heterocycles. The molecule has 0 bridgehead atoms. The Bertz CT molecular complexity index is 379. The molecule has 17 heavy (non-hydrogen) atoms. The second-order valence-electron chi connectivity index (χ2n) is 4.36. The minimum Gasteiger partial charge on any atom is -0.315 e. The number of hydrogen-bond acceptors (Lipinski definition) is 3. The van der Waals surface area contributed by atoms with Crippen molar-refractivity contribution in [3.8, 4) is 0 Å². The molecule has 2 rings (SSSR count). The van der Waals surface area contributed by atoms with E-state index < -0.39 is 11.6 Å². The number of aromatic nitrogens is 3. The lowest BCUT2D eigenvalue weighted by Gasteiger charge is -2.27. The molecule has 2 heterocycles. The summed E-state index contributed by atoms with van der Waals surface area (Å²) in [6, 6.07) is 0. The summed E-state index contributed by atoms with van der Waals surface area (Å²) in [7, 11) is 0. The molecule has 0 aromatic carbocycles. The van der Waals surface area contributed by atoms with Crippen LogP contribution in [0.15, 0.2) is 0 Å². The third-order valence-electron chi connectivity index (χ3n) is 3.14. The Kier molecular flexibility index (Phi) is 3.11. The Labute approximate surface area is 97.0 Å². The Morgan fingerprint density at radius 2 is 2.18 bits per heavy atom. The maximum atomic E-state index is 13.2. The Hall–Kier alpha value is -1.11. The van der Waals surface area contributed by atoms with E-state index in [-0.39, 0.29) is 18.8 Å². The molecule has 0 aliphatic carbocycles. The first kappa shape index (κ1) is 12.3. The van der Waals surface area contributed by atoms with Crippen LogP contribution in [0.3, 0.4) is 0 Å². The van der Waals surface area contributed by atoms with E-state index in [1.54, 1.807) is 0 Å². The molecule has 0 spiro atoms. The third kappa shape index (κ3) is 2.03. The normalized spacial score (nSPS) is 25.4. The summed E-state index contributed by atoms with van der Waals surface area (Å²) in [4.78, 5) is 3.99. The molecule has 1 unspecified atom stereocenters. The smallest absolute Gasteiger partial charge is 0.315 e. The number of nitrogens with one attached hydrogen (secondary N) is 2. The molecule has 7 heteroatoms. The lowest BCUT2D eigenvalue weighted by Crippen LogP contribution is -2.45. The molecule has 1 atom stereocenters. The number of halogens is 3. The van der Waals surface area contributed by atoms with Gasteiger partial charge < -0.3 is 5.32 Å². The van der Waals surface area contributed by atoms with Gasteiger partial charge in [-0.3, -0.25) is 5.10 Å². The molecule has 0 amide bonds. The van der Waals surface area contributed by atoms with E-state index in [9.17, 15) is 13.2 Å². The van der Waals surface area contributed by atoms with Crippen molar-refractivity contribution in [1.82, 2.24) is 20.5 Å². The van der Waals surface area contributed by atoms with Crippen LogP contribution in [0.2, 0.25) is 0 Å². The van der Waals surface area contributed by atoms with Gasteiger partial charge in [0.15, 0.2) is 5.82 Å². The largest absolute Gasteiger partial charge is 0.402 e. The minimum absolute atomic E-state index is 0.0000810. The van der Waals surface area contributed by atoms with E-state index in [0.29, 0.717) is 18.8 Å². The Morgan fingerprint density at radius 3 is 2.71 bits per heavy atom. The van der Waals surface area contributed by atoms with E-state index in [1.807, 2.05) is 6.92 Å². The minimum atomic E-state index is -4.32. The highest BCUT2D eigenvalue weighted by molar-refractivity contribution is 5.16. The van der Waals surface area contributed by atoms with Crippen LogP contribution >= 0.6 is 0 Å². The summed E-state index contributed by atoms with van der Waals surface area (Å²) >= 11 is 0. The number of H-pyrrole nitrogens is 1. The highest BCUT2D eigenvalue weighted by Gasteiger charge is 2.59. The predicted octanol–water partition coefficient (Wildman–Crippen LogP) is 1.55. The molecule has 0 radical (unpaired) electrons. The van der Waals surface area contributed by atoms with Crippen molar-refractivity contribution >= 4 is 0 Å². The number of rotatable bonds is 3.